The van der Waals surface area contributed by atoms with Crippen LogP contribution in [0.5, 0.6) is 0 Å². The van der Waals surface area contributed by atoms with E-state index in [2.05, 4.69) is 6.58 Å². The van der Waals surface area contributed by atoms with Crippen LogP contribution < -0.4 is 0 Å². The van der Waals surface area contributed by atoms with Gasteiger partial charge in [-0.15, -0.1) is 6.58 Å². The minimum atomic E-state index is -4.61. The van der Waals surface area contributed by atoms with Gasteiger partial charge >= 0.3 is 9.05 Å². The minimum absolute atomic E-state index is 1.75. The maximum absolute atomic E-state index is 7.33. The summed E-state index contributed by atoms with van der Waals surface area (Å²) in [6.07, 6.45) is 1.75. The normalized spacial score (nSPS) is 9.12. The molecule has 0 spiro atoms. The van der Waals surface area contributed by atoms with E-state index in [-0.39, 0.29) is 0 Å². The van der Waals surface area contributed by atoms with Gasteiger partial charge in [-0.25, -0.2) is 0 Å². The van der Waals surface area contributed by atoms with Crippen LogP contribution in [0.3, 0.4) is 0 Å². The molecular formula is C3H10O4Si. The summed E-state index contributed by atoms with van der Waals surface area (Å²) in [6.45, 7) is 5.25. The molecular weight excluding hydrogens is 128 g/mol. The van der Waals surface area contributed by atoms with E-state index in [1.54, 1.807) is 6.08 Å². The van der Waals surface area contributed by atoms with Crippen LogP contribution in [0.1, 0.15) is 6.92 Å². The minimum Gasteiger partial charge on any atom is -0.368 e. The summed E-state index contributed by atoms with van der Waals surface area (Å²) in [4.78, 5) is 29.3. The third-order valence-corrected chi connectivity index (χ3v) is 0. The second-order valence-electron chi connectivity index (χ2n) is 1.01. The summed E-state index contributed by atoms with van der Waals surface area (Å²) in [5.74, 6) is 0. The lowest BCUT2D eigenvalue weighted by Gasteiger charge is -1.91. The highest BCUT2D eigenvalue weighted by Gasteiger charge is 2.22. The molecule has 8 heavy (non-hydrogen) atoms. The second-order valence-corrected chi connectivity index (χ2v) is 2.21. The number of hydrogen-bond donors (Lipinski definition) is 4. The summed E-state index contributed by atoms with van der Waals surface area (Å²) in [6, 6.07) is 0. The van der Waals surface area contributed by atoms with Crippen molar-refractivity contribution in [3.05, 3.63) is 12.7 Å². The van der Waals surface area contributed by atoms with Crippen molar-refractivity contribution < 1.29 is 19.2 Å². The fourth-order valence-corrected chi connectivity index (χ4v) is 0. The van der Waals surface area contributed by atoms with Gasteiger partial charge in [0, 0.05) is 0 Å². The van der Waals surface area contributed by atoms with Crippen molar-refractivity contribution >= 4 is 9.05 Å². The van der Waals surface area contributed by atoms with Crippen LogP contribution in [-0.4, -0.2) is 28.2 Å². The number of rotatable bonds is 0. The molecule has 0 aliphatic carbocycles. The van der Waals surface area contributed by atoms with Gasteiger partial charge in [-0.2, -0.15) is 0 Å². The maximum atomic E-state index is 7.33. The molecule has 0 heterocycles. The zero-order chi connectivity index (χ0) is 7.21. The standard InChI is InChI=1S/C3H6.H4O4Si/c1-3-2;1-5(2,3)4/h3H,1H2,2H3;1-4H. The van der Waals surface area contributed by atoms with Crippen LogP contribution in [-0.2, 0) is 0 Å². The second kappa shape index (κ2) is 4.94. The Labute approximate surface area is 48.8 Å². The fraction of sp³-hybridized carbons (Fsp3) is 0.333. The zero-order valence-corrected chi connectivity index (χ0v) is 5.57. The first-order valence-corrected chi connectivity index (χ1v) is 3.67. The first-order chi connectivity index (χ1) is 3.41. The van der Waals surface area contributed by atoms with Gasteiger partial charge in [-0.05, 0) is 6.92 Å². The summed E-state index contributed by atoms with van der Waals surface area (Å²) in [5.41, 5.74) is 0. The van der Waals surface area contributed by atoms with Gasteiger partial charge in [0.25, 0.3) is 0 Å². The van der Waals surface area contributed by atoms with Crippen molar-refractivity contribution in [2.24, 2.45) is 0 Å². The Morgan fingerprint density at radius 1 is 1.25 bits per heavy atom. The van der Waals surface area contributed by atoms with Crippen LogP contribution in [0.15, 0.2) is 12.7 Å². The molecule has 50 valence electrons. The fourth-order valence-electron chi connectivity index (χ4n) is 0. The van der Waals surface area contributed by atoms with Crippen LogP contribution in [0, 0.1) is 0 Å². The van der Waals surface area contributed by atoms with Crippen LogP contribution in [0.2, 0.25) is 0 Å². The van der Waals surface area contributed by atoms with Gasteiger partial charge in [0.2, 0.25) is 0 Å². The molecule has 0 fully saturated rings. The molecule has 0 saturated heterocycles. The molecule has 0 radical (unpaired) electrons. The molecule has 0 aliphatic rings. The Morgan fingerprint density at radius 3 is 1.25 bits per heavy atom. The Balaban J connectivity index is 0. The van der Waals surface area contributed by atoms with Crippen molar-refractivity contribution in [2.45, 2.75) is 6.92 Å². The topological polar surface area (TPSA) is 80.9 Å². The number of hydrogen-bond acceptors (Lipinski definition) is 4. The highest BCUT2D eigenvalue weighted by Crippen LogP contribution is 1.67. The third-order valence-electron chi connectivity index (χ3n) is 0. The van der Waals surface area contributed by atoms with Crippen LogP contribution >= 0.6 is 0 Å². The van der Waals surface area contributed by atoms with E-state index in [1.807, 2.05) is 6.92 Å². The molecule has 0 amide bonds. The monoisotopic (exact) mass is 138 g/mol. The molecule has 0 aliphatic heterocycles. The molecule has 0 aromatic carbocycles. The maximum Gasteiger partial charge on any atom is 0.668 e. The molecule has 4 N–H and O–H groups in total. The smallest absolute Gasteiger partial charge is 0.368 e. The highest BCUT2D eigenvalue weighted by molar-refractivity contribution is 6.46. The van der Waals surface area contributed by atoms with Crippen molar-refractivity contribution in [3.8, 4) is 0 Å². The highest BCUT2D eigenvalue weighted by atomic mass is 28.4. The van der Waals surface area contributed by atoms with Crippen LogP contribution in [0.25, 0.3) is 0 Å². The third kappa shape index (κ3) is 3230. The van der Waals surface area contributed by atoms with Crippen molar-refractivity contribution in [2.75, 3.05) is 0 Å². The Bertz CT molecular complexity index is 50.8. The molecule has 0 saturated carbocycles. The van der Waals surface area contributed by atoms with Gasteiger partial charge in [-0.1, -0.05) is 6.08 Å². The first kappa shape index (κ1) is 10.7. The van der Waals surface area contributed by atoms with E-state index in [0.717, 1.165) is 0 Å². The molecule has 0 unspecified atom stereocenters. The van der Waals surface area contributed by atoms with E-state index >= 15 is 0 Å². The van der Waals surface area contributed by atoms with Gasteiger partial charge in [-0.3, -0.25) is 0 Å². The summed E-state index contributed by atoms with van der Waals surface area (Å²) in [7, 11) is -4.61. The van der Waals surface area contributed by atoms with Gasteiger partial charge in [0.15, 0.2) is 0 Å². The summed E-state index contributed by atoms with van der Waals surface area (Å²) < 4.78 is 0. The summed E-state index contributed by atoms with van der Waals surface area (Å²) >= 11 is 0. The molecule has 5 heteroatoms. The van der Waals surface area contributed by atoms with Gasteiger partial charge in [0.1, 0.15) is 0 Å². The lowest BCUT2D eigenvalue weighted by Crippen LogP contribution is -2.33. The largest absolute Gasteiger partial charge is 0.668 e. The Morgan fingerprint density at radius 2 is 1.25 bits per heavy atom. The quantitative estimate of drug-likeness (QED) is 0.245. The molecule has 0 aromatic rings. The molecule has 0 bridgehead atoms. The van der Waals surface area contributed by atoms with Crippen LogP contribution in [0.4, 0.5) is 0 Å². The number of allylic oxidation sites excluding steroid dienone is 1. The first-order valence-electron chi connectivity index (χ1n) is 1.88. The molecule has 4 nitrogen and oxygen atoms in total. The molecule has 0 atom stereocenters. The predicted molar refractivity (Wildman–Crippen MR) is 30.5 cm³/mol. The predicted octanol–water partition coefficient (Wildman–Crippen LogP) is -1.42. The molecule has 0 rings (SSSR count). The average Bonchev–Trinajstić information content (AvgIpc) is 1.27. The van der Waals surface area contributed by atoms with Gasteiger partial charge in [0.05, 0.1) is 0 Å². The van der Waals surface area contributed by atoms with Crippen molar-refractivity contribution in [1.29, 1.82) is 0 Å². The lowest BCUT2D eigenvalue weighted by molar-refractivity contribution is 0.117. The van der Waals surface area contributed by atoms with Crippen molar-refractivity contribution in [1.82, 2.24) is 0 Å². The Hall–Kier alpha value is -0.203. The Kier molecular flexibility index (Phi) is 6.62. The van der Waals surface area contributed by atoms with E-state index in [0.29, 0.717) is 0 Å². The van der Waals surface area contributed by atoms with E-state index < -0.39 is 9.05 Å². The van der Waals surface area contributed by atoms with Crippen molar-refractivity contribution in [3.63, 3.8) is 0 Å². The average molecular weight is 138 g/mol. The SMILES string of the molecule is C=CC.O[Si](O)(O)O. The zero-order valence-electron chi connectivity index (χ0n) is 4.57. The lowest BCUT2D eigenvalue weighted by atomic mass is 10.8. The van der Waals surface area contributed by atoms with E-state index in [1.165, 1.54) is 0 Å². The molecule has 0 aromatic heterocycles. The van der Waals surface area contributed by atoms with Gasteiger partial charge < -0.3 is 19.2 Å². The van der Waals surface area contributed by atoms with E-state index in [4.69, 9.17) is 19.2 Å². The van der Waals surface area contributed by atoms with E-state index in [9.17, 15) is 0 Å². The summed E-state index contributed by atoms with van der Waals surface area (Å²) in [5, 5.41) is 0.